The Morgan fingerprint density at radius 2 is 1.81 bits per heavy atom. The van der Waals surface area contributed by atoms with E-state index >= 15 is 0 Å². The van der Waals surface area contributed by atoms with Gasteiger partial charge in [-0.25, -0.2) is 13.2 Å². The zero-order chi connectivity index (χ0) is 15.4. The van der Waals surface area contributed by atoms with Crippen LogP contribution >= 0.6 is 0 Å². The molecule has 2 aromatic rings. The molecule has 0 atom stereocenters. The maximum absolute atomic E-state index is 13.4. The Kier molecular flexibility index (Phi) is 4.36. The summed E-state index contributed by atoms with van der Waals surface area (Å²) in [6, 6.07) is 3.80. The van der Waals surface area contributed by atoms with Crippen molar-refractivity contribution in [2.45, 2.75) is 6.92 Å². The molecule has 110 valence electrons. The van der Waals surface area contributed by atoms with E-state index in [0.717, 1.165) is 0 Å². The van der Waals surface area contributed by atoms with Gasteiger partial charge in [0.2, 0.25) is 0 Å². The Hall–Kier alpha value is -2.64. The third-order valence-electron chi connectivity index (χ3n) is 2.51. The van der Waals surface area contributed by atoms with Gasteiger partial charge in [-0.1, -0.05) is 0 Å². The first-order chi connectivity index (χ1) is 10.0. The van der Waals surface area contributed by atoms with Gasteiger partial charge in [-0.15, -0.1) is 10.2 Å². The number of carbonyl (C=O) groups is 1. The number of benzene rings is 1. The van der Waals surface area contributed by atoms with Crippen LogP contribution in [0.1, 0.15) is 17.4 Å². The standard InChI is InChI=1S/C13H11F3N4O/c1-2-17-12-4-3-10(19-20-12)13(21)18-11-6-8(15)7(14)5-9(11)16/h3-6H,2H2,1H3,(H,17,20)(H,18,21). The number of hydrogen-bond acceptors (Lipinski definition) is 4. The highest BCUT2D eigenvalue weighted by Crippen LogP contribution is 2.19. The van der Waals surface area contributed by atoms with Gasteiger partial charge in [-0.2, -0.15) is 0 Å². The van der Waals surface area contributed by atoms with E-state index < -0.39 is 29.0 Å². The van der Waals surface area contributed by atoms with Crippen LogP contribution in [0.5, 0.6) is 0 Å². The van der Waals surface area contributed by atoms with Crippen molar-refractivity contribution in [3.05, 3.63) is 47.4 Å². The molecule has 0 fully saturated rings. The fourth-order valence-corrected chi connectivity index (χ4v) is 1.53. The van der Waals surface area contributed by atoms with Crippen molar-refractivity contribution in [2.24, 2.45) is 0 Å². The number of halogens is 3. The summed E-state index contributed by atoms with van der Waals surface area (Å²) in [5, 5.41) is 12.4. The molecular weight excluding hydrogens is 285 g/mol. The molecule has 1 amide bonds. The van der Waals surface area contributed by atoms with Gasteiger partial charge in [0.05, 0.1) is 5.69 Å². The van der Waals surface area contributed by atoms with Gasteiger partial charge in [0.15, 0.2) is 17.3 Å². The van der Waals surface area contributed by atoms with E-state index in [1.807, 2.05) is 6.92 Å². The molecule has 2 rings (SSSR count). The molecule has 1 aromatic heterocycles. The van der Waals surface area contributed by atoms with Gasteiger partial charge >= 0.3 is 0 Å². The van der Waals surface area contributed by atoms with Gasteiger partial charge < -0.3 is 10.6 Å². The number of nitrogens with zero attached hydrogens (tertiary/aromatic N) is 2. The Balaban J connectivity index is 2.16. The van der Waals surface area contributed by atoms with E-state index in [0.29, 0.717) is 24.5 Å². The summed E-state index contributed by atoms with van der Waals surface area (Å²) < 4.78 is 39.2. The predicted molar refractivity (Wildman–Crippen MR) is 70.5 cm³/mol. The zero-order valence-corrected chi connectivity index (χ0v) is 11.0. The van der Waals surface area contributed by atoms with Crippen molar-refractivity contribution in [3.8, 4) is 0 Å². The molecule has 21 heavy (non-hydrogen) atoms. The molecule has 8 heteroatoms. The lowest BCUT2D eigenvalue weighted by Gasteiger charge is -2.07. The van der Waals surface area contributed by atoms with Crippen LogP contribution in [0.3, 0.4) is 0 Å². The highest BCUT2D eigenvalue weighted by atomic mass is 19.2. The molecule has 0 saturated heterocycles. The molecule has 2 N–H and O–H groups in total. The molecule has 0 bridgehead atoms. The number of aromatic nitrogens is 2. The molecule has 0 spiro atoms. The maximum atomic E-state index is 13.4. The summed E-state index contributed by atoms with van der Waals surface area (Å²) in [6.07, 6.45) is 0. The predicted octanol–water partition coefficient (Wildman–Crippen LogP) is 2.58. The van der Waals surface area contributed by atoms with Crippen LogP contribution in [-0.2, 0) is 0 Å². The second-order valence-electron chi connectivity index (χ2n) is 4.03. The molecule has 0 aliphatic rings. The van der Waals surface area contributed by atoms with Crippen molar-refractivity contribution < 1.29 is 18.0 Å². The molecule has 1 heterocycles. The Labute approximate surface area is 118 Å². The second kappa shape index (κ2) is 6.21. The SMILES string of the molecule is CCNc1ccc(C(=O)Nc2cc(F)c(F)cc2F)nn1. The Bertz CT molecular complexity index is 661. The van der Waals surface area contributed by atoms with Gasteiger partial charge in [-0.3, -0.25) is 4.79 Å². The zero-order valence-electron chi connectivity index (χ0n) is 11.0. The lowest BCUT2D eigenvalue weighted by Crippen LogP contribution is -2.16. The number of hydrogen-bond donors (Lipinski definition) is 2. The van der Waals surface area contributed by atoms with Gasteiger partial charge in [0.1, 0.15) is 11.6 Å². The highest BCUT2D eigenvalue weighted by molar-refractivity contribution is 6.02. The molecule has 0 aliphatic carbocycles. The maximum Gasteiger partial charge on any atom is 0.276 e. The minimum atomic E-state index is -1.33. The number of rotatable bonds is 4. The fraction of sp³-hybridized carbons (Fsp3) is 0.154. The van der Waals surface area contributed by atoms with Crippen molar-refractivity contribution in [1.82, 2.24) is 10.2 Å². The third kappa shape index (κ3) is 3.47. The van der Waals surface area contributed by atoms with E-state index in [1.54, 1.807) is 0 Å². The van der Waals surface area contributed by atoms with Crippen LogP contribution in [0.2, 0.25) is 0 Å². The summed E-state index contributed by atoms with van der Waals surface area (Å²) in [5.74, 6) is -3.98. The average molecular weight is 296 g/mol. The summed E-state index contributed by atoms with van der Waals surface area (Å²) in [5.41, 5.74) is -0.558. The van der Waals surface area contributed by atoms with Crippen molar-refractivity contribution in [1.29, 1.82) is 0 Å². The number of nitrogens with one attached hydrogen (secondary N) is 2. The lowest BCUT2D eigenvalue weighted by atomic mass is 10.2. The summed E-state index contributed by atoms with van der Waals surface area (Å²) in [6.45, 7) is 2.51. The summed E-state index contributed by atoms with van der Waals surface area (Å²) >= 11 is 0. The molecular formula is C13H11F3N4O. The molecule has 0 aliphatic heterocycles. The quantitative estimate of drug-likeness (QED) is 0.851. The van der Waals surface area contributed by atoms with Crippen LogP contribution < -0.4 is 10.6 Å². The fourth-order valence-electron chi connectivity index (χ4n) is 1.53. The van der Waals surface area contributed by atoms with Gasteiger partial charge in [-0.05, 0) is 19.1 Å². The highest BCUT2D eigenvalue weighted by Gasteiger charge is 2.14. The van der Waals surface area contributed by atoms with E-state index in [-0.39, 0.29) is 5.69 Å². The van der Waals surface area contributed by atoms with Crippen molar-refractivity contribution in [2.75, 3.05) is 17.2 Å². The average Bonchev–Trinajstić information content (AvgIpc) is 2.46. The number of amides is 1. The Morgan fingerprint density at radius 1 is 1.10 bits per heavy atom. The first-order valence-electron chi connectivity index (χ1n) is 6.04. The van der Waals surface area contributed by atoms with E-state index in [4.69, 9.17) is 0 Å². The molecule has 0 unspecified atom stereocenters. The first-order valence-corrected chi connectivity index (χ1v) is 6.04. The summed E-state index contributed by atoms with van der Waals surface area (Å²) in [7, 11) is 0. The molecule has 1 aromatic carbocycles. The van der Waals surface area contributed by atoms with Crippen LogP contribution in [-0.4, -0.2) is 22.6 Å². The molecule has 0 saturated carbocycles. The van der Waals surface area contributed by atoms with Crippen molar-refractivity contribution >= 4 is 17.4 Å². The number of carbonyl (C=O) groups excluding carboxylic acids is 1. The molecule has 5 nitrogen and oxygen atoms in total. The monoisotopic (exact) mass is 296 g/mol. The normalized spacial score (nSPS) is 10.3. The van der Waals surface area contributed by atoms with Gasteiger partial charge in [0, 0.05) is 18.7 Å². The third-order valence-corrected chi connectivity index (χ3v) is 2.51. The van der Waals surface area contributed by atoms with E-state index in [9.17, 15) is 18.0 Å². The lowest BCUT2D eigenvalue weighted by molar-refractivity contribution is 0.102. The topological polar surface area (TPSA) is 66.9 Å². The largest absolute Gasteiger partial charge is 0.369 e. The van der Waals surface area contributed by atoms with Crippen LogP contribution in [0.15, 0.2) is 24.3 Å². The van der Waals surface area contributed by atoms with Crippen LogP contribution in [0, 0.1) is 17.5 Å². The van der Waals surface area contributed by atoms with E-state index in [2.05, 4.69) is 20.8 Å². The summed E-state index contributed by atoms with van der Waals surface area (Å²) in [4.78, 5) is 11.8. The second-order valence-corrected chi connectivity index (χ2v) is 4.03. The van der Waals surface area contributed by atoms with Crippen molar-refractivity contribution in [3.63, 3.8) is 0 Å². The minimum Gasteiger partial charge on any atom is -0.369 e. The number of anilines is 2. The van der Waals surface area contributed by atoms with E-state index in [1.165, 1.54) is 12.1 Å². The van der Waals surface area contributed by atoms with Crippen LogP contribution in [0.4, 0.5) is 24.7 Å². The van der Waals surface area contributed by atoms with Gasteiger partial charge in [0.25, 0.3) is 5.91 Å². The molecule has 0 radical (unpaired) electrons. The van der Waals surface area contributed by atoms with Crippen LogP contribution in [0.25, 0.3) is 0 Å². The first kappa shape index (κ1) is 14.8. The minimum absolute atomic E-state index is 0.0826. The smallest absolute Gasteiger partial charge is 0.276 e. The Morgan fingerprint density at radius 3 is 2.43 bits per heavy atom.